The number of carbonyl (C=O) groups is 1. The molecule has 7 heteroatoms. The van der Waals surface area contributed by atoms with Gasteiger partial charge in [-0.3, -0.25) is 4.79 Å². The lowest BCUT2D eigenvalue weighted by Crippen LogP contribution is -2.35. The molecule has 5 nitrogen and oxygen atoms in total. The second-order valence-electron chi connectivity index (χ2n) is 5.84. The molecule has 2 aromatic rings. The number of halogens is 1. The SMILES string of the molecule is CCCCN(C(=O)CCNS(=O)(=O)c1ccc(F)cc1)c1ccccc1. The molecule has 1 amide bonds. The second-order valence-corrected chi connectivity index (χ2v) is 7.60. The van der Waals surface area contributed by atoms with Crippen molar-refractivity contribution in [3.8, 4) is 0 Å². The van der Waals surface area contributed by atoms with E-state index in [-0.39, 0.29) is 23.8 Å². The first-order chi connectivity index (χ1) is 12.4. The largest absolute Gasteiger partial charge is 0.312 e. The Kier molecular flexibility index (Phi) is 7.29. The van der Waals surface area contributed by atoms with Gasteiger partial charge in [0.25, 0.3) is 0 Å². The minimum absolute atomic E-state index is 0.0198. The predicted octanol–water partition coefficient (Wildman–Crippen LogP) is 3.33. The van der Waals surface area contributed by atoms with E-state index >= 15 is 0 Å². The Hall–Kier alpha value is -2.25. The van der Waals surface area contributed by atoms with Gasteiger partial charge in [-0.2, -0.15) is 0 Å². The lowest BCUT2D eigenvalue weighted by Gasteiger charge is -2.23. The number of unbranched alkanes of at least 4 members (excludes halogenated alkanes) is 1. The lowest BCUT2D eigenvalue weighted by molar-refractivity contribution is -0.118. The van der Waals surface area contributed by atoms with E-state index in [9.17, 15) is 17.6 Å². The predicted molar refractivity (Wildman–Crippen MR) is 99.9 cm³/mol. The maximum Gasteiger partial charge on any atom is 0.240 e. The fourth-order valence-electron chi connectivity index (χ4n) is 2.45. The maximum absolute atomic E-state index is 12.9. The number of para-hydroxylation sites is 1. The van der Waals surface area contributed by atoms with Gasteiger partial charge >= 0.3 is 0 Å². The number of anilines is 1. The van der Waals surface area contributed by atoms with Crippen molar-refractivity contribution < 1.29 is 17.6 Å². The topological polar surface area (TPSA) is 66.5 Å². The number of sulfonamides is 1. The van der Waals surface area contributed by atoms with Gasteiger partial charge in [-0.15, -0.1) is 0 Å². The number of nitrogens with one attached hydrogen (secondary N) is 1. The van der Waals surface area contributed by atoms with E-state index in [0.717, 1.165) is 30.7 Å². The van der Waals surface area contributed by atoms with E-state index in [1.165, 1.54) is 12.1 Å². The molecule has 140 valence electrons. The van der Waals surface area contributed by atoms with Crippen LogP contribution in [0.3, 0.4) is 0 Å². The van der Waals surface area contributed by atoms with Crippen molar-refractivity contribution in [2.45, 2.75) is 31.1 Å². The summed E-state index contributed by atoms with van der Waals surface area (Å²) in [5.74, 6) is -0.653. The van der Waals surface area contributed by atoms with Gasteiger partial charge in [0.05, 0.1) is 4.90 Å². The molecule has 0 saturated carbocycles. The first-order valence-corrected chi connectivity index (χ1v) is 10.0. The van der Waals surface area contributed by atoms with Crippen LogP contribution in [0.2, 0.25) is 0 Å². The van der Waals surface area contributed by atoms with Crippen molar-refractivity contribution >= 4 is 21.6 Å². The Morgan fingerprint density at radius 1 is 1.08 bits per heavy atom. The molecule has 0 unspecified atom stereocenters. The normalized spacial score (nSPS) is 11.3. The summed E-state index contributed by atoms with van der Waals surface area (Å²) in [6.07, 6.45) is 1.86. The quantitative estimate of drug-likeness (QED) is 0.728. The molecule has 0 aliphatic carbocycles. The van der Waals surface area contributed by atoms with E-state index in [1.807, 2.05) is 37.3 Å². The average molecular weight is 378 g/mol. The van der Waals surface area contributed by atoms with Crippen LogP contribution in [0.5, 0.6) is 0 Å². The molecule has 0 bridgehead atoms. The van der Waals surface area contributed by atoms with Crippen LogP contribution in [0.1, 0.15) is 26.2 Å². The van der Waals surface area contributed by atoms with E-state index < -0.39 is 15.8 Å². The van der Waals surface area contributed by atoms with Gasteiger partial charge in [0.1, 0.15) is 5.82 Å². The molecule has 2 rings (SSSR count). The lowest BCUT2D eigenvalue weighted by atomic mass is 10.2. The van der Waals surface area contributed by atoms with Crippen LogP contribution < -0.4 is 9.62 Å². The number of hydrogen-bond donors (Lipinski definition) is 1. The molecule has 0 fully saturated rings. The Labute approximate surface area is 153 Å². The first-order valence-electron chi connectivity index (χ1n) is 8.54. The molecule has 0 aromatic heterocycles. The van der Waals surface area contributed by atoms with Gasteiger partial charge in [-0.25, -0.2) is 17.5 Å². The van der Waals surface area contributed by atoms with Crippen molar-refractivity contribution in [3.63, 3.8) is 0 Å². The van der Waals surface area contributed by atoms with E-state index in [0.29, 0.717) is 6.54 Å². The highest BCUT2D eigenvalue weighted by Crippen LogP contribution is 2.16. The van der Waals surface area contributed by atoms with Crippen LogP contribution in [0.15, 0.2) is 59.5 Å². The zero-order valence-corrected chi connectivity index (χ0v) is 15.5. The standard InChI is InChI=1S/C19H23FN2O3S/c1-2-3-15-22(17-7-5-4-6-8-17)19(23)13-14-21-26(24,25)18-11-9-16(20)10-12-18/h4-12,21H,2-3,13-15H2,1H3. The summed E-state index contributed by atoms with van der Waals surface area (Å²) in [7, 11) is -3.77. The van der Waals surface area contributed by atoms with Crippen LogP contribution in [0.25, 0.3) is 0 Å². The Morgan fingerprint density at radius 2 is 1.73 bits per heavy atom. The third-order valence-corrected chi connectivity index (χ3v) is 5.34. The Bertz CT molecular complexity index is 808. The monoisotopic (exact) mass is 378 g/mol. The number of nitrogens with zero attached hydrogens (tertiary/aromatic N) is 1. The summed E-state index contributed by atoms with van der Waals surface area (Å²) in [5, 5.41) is 0. The van der Waals surface area contributed by atoms with Crippen LogP contribution in [-0.2, 0) is 14.8 Å². The third kappa shape index (κ3) is 5.64. The maximum atomic E-state index is 12.9. The van der Waals surface area contributed by atoms with Crippen LogP contribution in [-0.4, -0.2) is 27.4 Å². The highest BCUT2D eigenvalue weighted by Gasteiger charge is 2.18. The minimum Gasteiger partial charge on any atom is -0.312 e. The summed E-state index contributed by atoms with van der Waals surface area (Å²) < 4.78 is 39.7. The summed E-state index contributed by atoms with van der Waals surface area (Å²) in [6, 6.07) is 13.9. The van der Waals surface area contributed by atoms with E-state index in [2.05, 4.69) is 4.72 Å². The van der Waals surface area contributed by atoms with Crippen molar-refractivity contribution in [2.75, 3.05) is 18.0 Å². The molecule has 2 aromatic carbocycles. The summed E-state index contributed by atoms with van der Waals surface area (Å²) in [6.45, 7) is 2.61. The van der Waals surface area contributed by atoms with Crippen molar-refractivity contribution in [1.29, 1.82) is 0 Å². The highest BCUT2D eigenvalue weighted by molar-refractivity contribution is 7.89. The fraction of sp³-hybridized carbons (Fsp3) is 0.316. The molecule has 0 atom stereocenters. The number of rotatable bonds is 9. The summed E-state index contributed by atoms with van der Waals surface area (Å²) in [4.78, 5) is 14.2. The van der Waals surface area contributed by atoms with Gasteiger partial charge in [0.15, 0.2) is 0 Å². The molecule has 0 heterocycles. The van der Waals surface area contributed by atoms with E-state index in [1.54, 1.807) is 4.90 Å². The van der Waals surface area contributed by atoms with E-state index in [4.69, 9.17) is 0 Å². The second kappa shape index (κ2) is 9.45. The number of hydrogen-bond acceptors (Lipinski definition) is 3. The number of carbonyl (C=O) groups excluding carboxylic acids is 1. The molecule has 0 aliphatic heterocycles. The molecule has 1 N–H and O–H groups in total. The molecular weight excluding hydrogens is 355 g/mol. The smallest absolute Gasteiger partial charge is 0.240 e. The Balaban J connectivity index is 1.98. The van der Waals surface area contributed by atoms with Crippen molar-refractivity contribution in [1.82, 2.24) is 4.72 Å². The summed E-state index contributed by atoms with van der Waals surface area (Å²) in [5.41, 5.74) is 0.798. The van der Waals surface area contributed by atoms with Gasteiger partial charge in [0.2, 0.25) is 15.9 Å². The molecule has 0 saturated heterocycles. The fourth-order valence-corrected chi connectivity index (χ4v) is 3.48. The molecule has 0 spiro atoms. The van der Waals surface area contributed by atoms with Gasteiger partial charge in [-0.05, 0) is 42.8 Å². The highest BCUT2D eigenvalue weighted by atomic mass is 32.2. The summed E-state index contributed by atoms with van der Waals surface area (Å²) >= 11 is 0. The first kappa shape index (κ1) is 20.1. The van der Waals surface area contributed by atoms with Crippen molar-refractivity contribution in [3.05, 3.63) is 60.4 Å². The van der Waals surface area contributed by atoms with Crippen LogP contribution in [0, 0.1) is 5.82 Å². The molecule has 26 heavy (non-hydrogen) atoms. The zero-order chi connectivity index (χ0) is 19.0. The molecule has 0 aliphatic rings. The Morgan fingerprint density at radius 3 is 2.35 bits per heavy atom. The van der Waals surface area contributed by atoms with Gasteiger partial charge in [0, 0.05) is 25.2 Å². The minimum atomic E-state index is -3.77. The molecule has 0 radical (unpaired) electrons. The van der Waals surface area contributed by atoms with Crippen LogP contribution >= 0.6 is 0 Å². The number of amides is 1. The third-order valence-electron chi connectivity index (χ3n) is 3.86. The van der Waals surface area contributed by atoms with Gasteiger partial charge < -0.3 is 4.90 Å². The molecular formula is C19H23FN2O3S. The van der Waals surface area contributed by atoms with Gasteiger partial charge in [-0.1, -0.05) is 31.5 Å². The average Bonchev–Trinajstić information content (AvgIpc) is 2.63. The van der Waals surface area contributed by atoms with Crippen molar-refractivity contribution in [2.24, 2.45) is 0 Å². The zero-order valence-electron chi connectivity index (χ0n) is 14.7. The number of benzene rings is 2. The van der Waals surface area contributed by atoms with Crippen LogP contribution in [0.4, 0.5) is 10.1 Å².